The number of fused-ring (bicyclic) bond motifs is 1. The van der Waals surface area contributed by atoms with Crippen molar-refractivity contribution in [3.63, 3.8) is 0 Å². The van der Waals surface area contributed by atoms with Crippen molar-refractivity contribution < 1.29 is 19.6 Å². The number of hydrogen-bond acceptors (Lipinski definition) is 6. The number of rotatable bonds is 6. The molecule has 7 heteroatoms. The van der Waals surface area contributed by atoms with E-state index in [9.17, 15) is 0 Å². The van der Waals surface area contributed by atoms with Crippen molar-refractivity contribution in [1.82, 2.24) is 5.32 Å². The highest BCUT2D eigenvalue weighted by molar-refractivity contribution is 6.40. The summed E-state index contributed by atoms with van der Waals surface area (Å²) in [7, 11) is -1.18. The molecule has 1 aromatic carbocycles. The van der Waals surface area contributed by atoms with E-state index >= 15 is 0 Å². The van der Waals surface area contributed by atoms with Crippen LogP contribution in [0, 0.1) is 0 Å². The van der Waals surface area contributed by atoms with Crippen LogP contribution in [0.1, 0.15) is 37.8 Å². The van der Waals surface area contributed by atoms with Crippen molar-refractivity contribution >= 4 is 13.3 Å². The van der Waals surface area contributed by atoms with Gasteiger partial charge in [-0.1, -0.05) is 44.5 Å². The van der Waals surface area contributed by atoms with Crippen molar-refractivity contribution in [2.24, 2.45) is 5.73 Å². The Morgan fingerprint density at radius 2 is 1.87 bits per heavy atom. The lowest BCUT2D eigenvalue weighted by molar-refractivity contribution is -0.191. The molecule has 1 heterocycles. The average molecular weight is 322 g/mol. The highest BCUT2D eigenvalue weighted by Gasteiger charge is 2.22. The van der Waals surface area contributed by atoms with Crippen LogP contribution in [0.2, 0.25) is 6.32 Å². The van der Waals surface area contributed by atoms with Crippen molar-refractivity contribution in [2.45, 2.75) is 58.1 Å². The summed E-state index contributed by atoms with van der Waals surface area (Å²) in [4.78, 5) is 16.2. The second-order valence-corrected chi connectivity index (χ2v) is 5.47. The van der Waals surface area contributed by atoms with Gasteiger partial charge in [-0.15, -0.1) is 0 Å². The first-order chi connectivity index (χ1) is 10.6. The molecule has 1 aliphatic rings. The third-order valence-corrected chi connectivity index (χ3v) is 3.88. The van der Waals surface area contributed by atoms with Crippen LogP contribution < -0.4 is 11.1 Å². The van der Waals surface area contributed by atoms with E-state index in [1.807, 2.05) is 0 Å². The van der Waals surface area contributed by atoms with Gasteiger partial charge in [0.1, 0.15) is 0 Å². The minimum atomic E-state index is -1.18. The lowest BCUT2D eigenvalue weighted by atomic mass is 9.82. The molecule has 0 bridgehead atoms. The fourth-order valence-electron chi connectivity index (χ4n) is 2.69. The van der Waals surface area contributed by atoms with Gasteiger partial charge < -0.3 is 21.1 Å². The minimum absolute atomic E-state index is 0. The number of nitrogens with one attached hydrogen (secondary N) is 1. The van der Waals surface area contributed by atoms with Gasteiger partial charge in [0.15, 0.2) is 0 Å². The molecule has 0 saturated carbocycles. The van der Waals surface area contributed by atoms with E-state index in [1.54, 1.807) is 0 Å². The van der Waals surface area contributed by atoms with E-state index in [-0.39, 0.29) is 19.6 Å². The van der Waals surface area contributed by atoms with Crippen LogP contribution in [0.15, 0.2) is 24.3 Å². The lowest BCUT2D eigenvalue weighted by Crippen LogP contribution is -2.48. The van der Waals surface area contributed by atoms with Gasteiger partial charge in [-0.3, -0.25) is 0 Å². The molecule has 0 spiro atoms. The topological polar surface area (TPSA) is 113 Å². The smallest absolute Gasteiger partial charge is 0.427 e. The summed E-state index contributed by atoms with van der Waals surface area (Å²) in [5, 5.41) is 21.1. The Hall–Kier alpha value is -1.50. The Kier molecular flexibility index (Phi) is 11.2. The first-order valence-electron chi connectivity index (χ1n) is 7.49. The van der Waals surface area contributed by atoms with Crippen LogP contribution >= 0.6 is 0 Å². The van der Waals surface area contributed by atoms with Crippen LogP contribution in [0.3, 0.4) is 0 Å². The van der Waals surface area contributed by atoms with Crippen molar-refractivity contribution in [3.05, 3.63) is 35.4 Å². The maximum atomic E-state index is 8.79. The van der Waals surface area contributed by atoms with Gasteiger partial charge >= 0.3 is 13.3 Å². The average Bonchev–Trinajstić information content (AvgIpc) is 2.51. The zero-order valence-corrected chi connectivity index (χ0v) is 12.6. The molecule has 2 atom stereocenters. The Morgan fingerprint density at radius 3 is 2.48 bits per heavy atom. The van der Waals surface area contributed by atoms with Gasteiger partial charge in [0.05, 0.1) is 0 Å². The molecule has 5 N–H and O–H groups in total. The van der Waals surface area contributed by atoms with Crippen LogP contribution in [0.4, 0.5) is 0 Å². The van der Waals surface area contributed by atoms with Gasteiger partial charge in [-0.25, -0.2) is 0 Å². The fraction of sp³-hybridized carbons (Fsp3) is 0.562. The van der Waals surface area contributed by atoms with E-state index in [2.05, 4.69) is 29.6 Å². The maximum absolute atomic E-state index is 8.79. The van der Waals surface area contributed by atoms with Crippen LogP contribution in [-0.4, -0.2) is 35.4 Å². The molecule has 0 saturated heterocycles. The molecule has 2 unspecified atom stereocenters. The summed E-state index contributed by atoms with van der Waals surface area (Å²) < 4.78 is 0. The van der Waals surface area contributed by atoms with Gasteiger partial charge in [-0.05, 0) is 30.3 Å². The number of hydrogen-bond donors (Lipinski definition) is 4. The molecule has 0 aliphatic carbocycles. The lowest BCUT2D eigenvalue weighted by Gasteiger charge is -2.30. The monoisotopic (exact) mass is 322 g/mol. The predicted molar refractivity (Wildman–Crippen MR) is 89.3 cm³/mol. The summed E-state index contributed by atoms with van der Waals surface area (Å²) in [5.74, 6) is 0. The summed E-state index contributed by atoms with van der Waals surface area (Å²) >= 11 is 0. The Bertz CT molecular complexity index is 479. The maximum Gasteiger partial charge on any atom is 0.451 e. The summed E-state index contributed by atoms with van der Waals surface area (Å²) in [6, 6.07) is 8.94. The van der Waals surface area contributed by atoms with Crippen LogP contribution in [0.5, 0.6) is 0 Å². The van der Waals surface area contributed by atoms with E-state index < -0.39 is 7.12 Å². The molecular weight excluding hydrogens is 295 g/mol. The second kappa shape index (κ2) is 12.0. The SMILES string of the molecule is C.NC(CCCCB(O)O)C1Cc2ccccc2CN1.O=C=O. The quantitative estimate of drug-likeness (QED) is 0.453. The number of unbranched alkanes of at least 4 members (excludes halogenated alkanes) is 1. The normalized spacial score (nSPS) is 16.7. The molecule has 6 nitrogen and oxygen atoms in total. The molecule has 128 valence electrons. The molecule has 1 aromatic rings. The molecule has 0 amide bonds. The van der Waals surface area contributed by atoms with Crippen molar-refractivity contribution in [1.29, 1.82) is 0 Å². The third-order valence-electron chi connectivity index (χ3n) is 3.88. The van der Waals surface area contributed by atoms with Crippen molar-refractivity contribution in [3.8, 4) is 0 Å². The highest BCUT2D eigenvalue weighted by atomic mass is 16.4. The Balaban J connectivity index is 0.00000112. The number of benzene rings is 1. The Labute approximate surface area is 138 Å². The standard InChI is InChI=1S/C14H23BN2O2.CO2.CH4/c16-13(7-3-4-8-15(18)19)14-9-11-5-1-2-6-12(11)10-17-14;2-1-3;/h1-2,5-6,13-14,17-19H,3-4,7-10,16H2;;1H4. The highest BCUT2D eigenvalue weighted by Crippen LogP contribution is 2.19. The first-order valence-corrected chi connectivity index (χ1v) is 7.49. The second-order valence-electron chi connectivity index (χ2n) is 5.47. The van der Waals surface area contributed by atoms with E-state index in [0.29, 0.717) is 12.4 Å². The van der Waals surface area contributed by atoms with Crippen LogP contribution in [0.25, 0.3) is 0 Å². The number of carbonyl (C=O) groups excluding carboxylic acids is 2. The molecule has 0 radical (unpaired) electrons. The molecule has 0 fully saturated rings. The van der Waals surface area contributed by atoms with Gasteiger partial charge in [0.2, 0.25) is 0 Å². The van der Waals surface area contributed by atoms with Gasteiger partial charge in [0, 0.05) is 18.6 Å². The summed E-state index contributed by atoms with van der Waals surface area (Å²) in [6.07, 6.45) is 4.35. The third kappa shape index (κ3) is 8.07. The number of nitrogens with two attached hydrogens (primary N) is 1. The van der Waals surface area contributed by atoms with E-state index in [4.69, 9.17) is 25.4 Å². The largest absolute Gasteiger partial charge is 0.451 e. The molecule has 0 aromatic heterocycles. The van der Waals surface area contributed by atoms with Crippen LogP contribution in [-0.2, 0) is 22.6 Å². The molecule has 2 rings (SSSR count). The molecule has 23 heavy (non-hydrogen) atoms. The Morgan fingerprint density at radius 1 is 1.26 bits per heavy atom. The molecular formula is C16H27BN2O4. The van der Waals surface area contributed by atoms with Gasteiger partial charge in [0.25, 0.3) is 0 Å². The fourth-order valence-corrected chi connectivity index (χ4v) is 2.69. The van der Waals surface area contributed by atoms with Gasteiger partial charge in [-0.2, -0.15) is 9.59 Å². The van der Waals surface area contributed by atoms with E-state index in [0.717, 1.165) is 32.2 Å². The zero-order valence-electron chi connectivity index (χ0n) is 12.6. The zero-order chi connectivity index (χ0) is 16.4. The predicted octanol–water partition coefficient (Wildman–Crippen LogP) is 0.724. The van der Waals surface area contributed by atoms with Crippen molar-refractivity contribution in [2.75, 3.05) is 0 Å². The first kappa shape index (κ1) is 21.5. The summed E-state index contributed by atoms with van der Waals surface area (Å²) in [6.45, 7) is 0.893. The van der Waals surface area contributed by atoms with E-state index in [1.165, 1.54) is 11.1 Å². The summed E-state index contributed by atoms with van der Waals surface area (Å²) in [5.41, 5.74) is 9.00. The molecule has 1 aliphatic heterocycles. The minimum Gasteiger partial charge on any atom is -0.427 e.